The first-order valence-corrected chi connectivity index (χ1v) is 7.94. The number of halogens is 2. The van der Waals surface area contributed by atoms with Crippen LogP contribution in [0, 0.1) is 5.92 Å². The maximum absolute atomic E-state index is 6.20. The smallest absolute Gasteiger partial charge is 0.0991 e. The fourth-order valence-electron chi connectivity index (χ4n) is 2.66. The molecule has 0 saturated carbocycles. The van der Waals surface area contributed by atoms with Gasteiger partial charge in [0.1, 0.15) is 0 Å². The Balaban J connectivity index is 1.99. The van der Waals surface area contributed by atoms with Gasteiger partial charge in [-0.25, -0.2) is 0 Å². The Kier molecular flexibility index (Phi) is 4.95. The molecule has 102 valence electrons. The number of rotatable bonds is 3. The summed E-state index contributed by atoms with van der Waals surface area (Å²) in [5, 5.41) is 3.70. The molecule has 2 heterocycles. The lowest BCUT2D eigenvalue weighted by molar-refractivity contribution is 0.168. The zero-order valence-electron chi connectivity index (χ0n) is 11.0. The Morgan fingerprint density at radius 2 is 2.22 bits per heavy atom. The zero-order valence-corrected chi connectivity index (χ0v) is 13.4. The fraction of sp³-hybridized carbons (Fsp3) is 0.692. The molecule has 1 fully saturated rings. The monoisotopic (exact) mass is 306 g/mol. The third-order valence-electron chi connectivity index (χ3n) is 3.72. The molecule has 0 aliphatic carbocycles. The molecule has 3 atom stereocenters. The molecule has 0 amide bonds. The van der Waals surface area contributed by atoms with E-state index in [1.54, 1.807) is 0 Å². The number of nitrogens with one attached hydrogen (secondary N) is 1. The van der Waals surface area contributed by atoms with Crippen molar-refractivity contribution in [2.75, 3.05) is 20.1 Å². The molecule has 1 N–H and O–H groups in total. The normalized spacial score (nSPS) is 27.4. The van der Waals surface area contributed by atoms with Crippen molar-refractivity contribution >= 4 is 34.5 Å². The number of likely N-dealkylation sites (tertiary alicyclic amines) is 1. The number of piperidine rings is 1. The van der Waals surface area contributed by atoms with Crippen LogP contribution in [-0.2, 0) is 0 Å². The molecule has 0 radical (unpaired) electrons. The van der Waals surface area contributed by atoms with Gasteiger partial charge in [-0.1, -0.05) is 30.1 Å². The second kappa shape index (κ2) is 6.10. The maximum atomic E-state index is 6.20. The summed E-state index contributed by atoms with van der Waals surface area (Å²) >= 11 is 13.6. The van der Waals surface area contributed by atoms with Crippen molar-refractivity contribution in [3.05, 3.63) is 20.3 Å². The standard InChI is InChI=1S/C13H20Cl2N2S/c1-8-7-17(3)5-4-11(8)16-9(2)10-6-12(14)18-13(10)15/h6,8-9,11,16H,4-5,7H2,1-3H3. The second-order valence-electron chi connectivity index (χ2n) is 5.30. The van der Waals surface area contributed by atoms with E-state index >= 15 is 0 Å². The predicted octanol–water partition coefficient (Wildman–Crippen LogP) is 4.05. The van der Waals surface area contributed by atoms with E-state index in [2.05, 4.69) is 31.1 Å². The van der Waals surface area contributed by atoms with E-state index in [0.717, 1.165) is 27.3 Å². The van der Waals surface area contributed by atoms with Gasteiger partial charge in [0, 0.05) is 18.6 Å². The predicted molar refractivity (Wildman–Crippen MR) is 81.0 cm³/mol. The van der Waals surface area contributed by atoms with Crippen LogP contribution >= 0.6 is 34.5 Å². The third kappa shape index (κ3) is 3.40. The topological polar surface area (TPSA) is 15.3 Å². The van der Waals surface area contributed by atoms with Crippen molar-refractivity contribution in [1.29, 1.82) is 0 Å². The highest BCUT2D eigenvalue weighted by molar-refractivity contribution is 7.20. The number of thiophene rings is 1. The summed E-state index contributed by atoms with van der Waals surface area (Å²) in [6.07, 6.45) is 1.19. The minimum absolute atomic E-state index is 0.261. The van der Waals surface area contributed by atoms with Crippen LogP contribution in [-0.4, -0.2) is 31.1 Å². The molecule has 3 unspecified atom stereocenters. The lowest BCUT2D eigenvalue weighted by Gasteiger charge is -2.37. The van der Waals surface area contributed by atoms with Gasteiger partial charge in [-0.05, 0) is 44.5 Å². The highest BCUT2D eigenvalue weighted by atomic mass is 35.5. The van der Waals surface area contributed by atoms with Gasteiger partial charge in [-0.15, -0.1) is 11.3 Å². The quantitative estimate of drug-likeness (QED) is 0.906. The summed E-state index contributed by atoms with van der Waals surface area (Å²) in [5.41, 5.74) is 1.12. The Labute approximate surface area is 123 Å². The Morgan fingerprint density at radius 1 is 1.50 bits per heavy atom. The van der Waals surface area contributed by atoms with Crippen molar-refractivity contribution in [2.24, 2.45) is 5.92 Å². The molecular weight excluding hydrogens is 287 g/mol. The van der Waals surface area contributed by atoms with Crippen LogP contribution in [0.15, 0.2) is 6.07 Å². The molecule has 1 aliphatic heterocycles. The number of hydrogen-bond donors (Lipinski definition) is 1. The maximum Gasteiger partial charge on any atom is 0.0991 e. The van der Waals surface area contributed by atoms with Crippen LogP contribution in [0.25, 0.3) is 0 Å². The van der Waals surface area contributed by atoms with E-state index in [9.17, 15) is 0 Å². The second-order valence-corrected chi connectivity index (χ2v) is 7.59. The van der Waals surface area contributed by atoms with Crippen molar-refractivity contribution in [1.82, 2.24) is 10.2 Å². The SMILES string of the molecule is CC(NC1CCN(C)CC1C)c1cc(Cl)sc1Cl. The van der Waals surface area contributed by atoms with Crippen LogP contribution in [0.4, 0.5) is 0 Å². The van der Waals surface area contributed by atoms with Crippen molar-refractivity contribution in [2.45, 2.75) is 32.4 Å². The third-order valence-corrected chi connectivity index (χ3v) is 5.24. The van der Waals surface area contributed by atoms with Crippen LogP contribution in [0.1, 0.15) is 31.9 Å². The molecule has 0 aromatic carbocycles. The van der Waals surface area contributed by atoms with Gasteiger partial charge in [0.15, 0.2) is 0 Å². The summed E-state index contributed by atoms with van der Waals surface area (Å²) in [5.74, 6) is 0.666. The lowest BCUT2D eigenvalue weighted by Crippen LogP contribution is -2.47. The molecule has 1 aromatic rings. The van der Waals surface area contributed by atoms with Crippen LogP contribution < -0.4 is 5.32 Å². The average molecular weight is 307 g/mol. The van der Waals surface area contributed by atoms with Gasteiger partial charge < -0.3 is 10.2 Å². The summed E-state index contributed by atoms with van der Waals surface area (Å²) < 4.78 is 1.57. The molecule has 0 bridgehead atoms. The van der Waals surface area contributed by atoms with Gasteiger partial charge in [-0.3, -0.25) is 0 Å². The first-order chi connectivity index (χ1) is 8.47. The number of nitrogens with zero attached hydrogens (tertiary/aromatic N) is 1. The van der Waals surface area contributed by atoms with Gasteiger partial charge in [0.05, 0.1) is 8.67 Å². The van der Waals surface area contributed by atoms with E-state index < -0.39 is 0 Å². The molecule has 1 aliphatic rings. The molecule has 18 heavy (non-hydrogen) atoms. The summed E-state index contributed by atoms with van der Waals surface area (Å²) in [7, 11) is 2.19. The minimum atomic E-state index is 0.261. The fourth-order valence-corrected chi connectivity index (χ4v) is 4.31. The largest absolute Gasteiger partial charge is 0.307 e. The molecule has 2 rings (SSSR count). The van der Waals surface area contributed by atoms with E-state index in [1.807, 2.05) is 6.07 Å². The Bertz CT molecular complexity index is 408. The first-order valence-electron chi connectivity index (χ1n) is 6.36. The highest BCUT2D eigenvalue weighted by Gasteiger charge is 2.26. The van der Waals surface area contributed by atoms with E-state index in [0.29, 0.717) is 12.0 Å². The van der Waals surface area contributed by atoms with Crippen molar-refractivity contribution in [3.8, 4) is 0 Å². The molecule has 1 aromatic heterocycles. The van der Waals surface area contributed by atoms with E-state index in [-0.39, 0.29) is 6.04 Å². The average Bonchev–Trinajstić information content (AvgIpc) is 2.62. The number of hydrogen-bond acceptors (Lipinski definition) is 3. The molecular formula is C13H20Cl2N2S. The summed E-state index contributed by atoms with van der Waals surface area (Å²) in [4.78, 5) is 2.39. The first kappa shape index (κ1) is 14.6. The van der Waals surface area contributed by atoms with Gasteiger partial charge in [-0.2, -0.15) is 0 Å². The van der Waals surface area contributed by atoms with E-state index in [4.69, 9.17) is 23.2 Å². The lowest BCUT2D eigenvalue weighted by atomic mass is 9.93. The van der Waals surface area contributed by atoms with Gasteiger partial charge in [0.25, 0.3) is 0 Å². The Hall–Kier alpha value is 0.200. The molecule has 2 nitrogen and oxygen atoms in total. The van der Waals surface area contributed by atoms with Crippen molar-refractivity contribution < 1.29 is 0 Å². The highest BCUT2D eigenvalue weighted by Crippen LogP contribution is 2.35. The van der Waals surface area contributed by atoms with Gasteiger partial charge in [0.2, 0.25) is 0 Å². The Morgan fingerprint density at radius 3 is 2.78 bits per heavy atom. The van der Waals surface area contributed by atoms with Crippen molar-refractivity contribution in [3.63, 3.8) is 0 Å². The minimum Gasteiger partial charge on any atom is -0.307 e. The molecule has 0 spiro atoms. The molecule has 1 saturated heterocycles. The van der Waals surface area contributed by atoms with Crippen LogP contribution in [0.3, 0.4) is 0 Å². The summed E-state index contributed by atoms with van der Waals surface area (Å²) in [6.45, 7) is 6.78. The van der Waals surface area contributed by atoms with Gasteiger partial charge >= 0.3 is 0 Å². The zero-order chi connectivity index (χ0) is 13.3. The molecule has 5 heteroatoms. The van der Waals surface area contributed by atoms with E-state index in [1.165, 1.54) is 17.8 Å². The summed E-state index contributed by atoms with van der Waals surface area (Å²) in [6, 6.07) is 2.80. The van der Waals surface area contributed by atoms with Crippen LogP contribution in [0.2, 0.25) is 8.67 Å². The van der Waals surface area contributed by atoms with Crippen LogP contribution in [0.5, 0.6) is 0 Å².